The number of amides is 1. The predicted octanol–water partition coefficient (Wildman–Crippen LogP) is 3.84. The van der Waals surface area contributed by atoms with Crippen molar-refractivity contribution in [3.63, 3.8) is 0 Å². The SMILES string of the molecule is Cc1nc(-c2cccc(NC(=O)C3Cc4ccccc4C(=O)O3)c2)cs1. The van der Waals surface area contributed by atoms with Crippen molar-refractivity contribution < 1.29 is 14.3 Å². The molecule has 6 heteroatoms. The molecule has 4 rings (SSSR count). The van der Waals surface area contributed by atoms with E-state index >= 15 is 0 Å². The fourth-order valence-corrected chi connectivity index (χ4v) is 3.57. The van der Waals surface area contributed by atoms with Crippen LogP contribution < -0.4 is 5.32 Å². The molecule has 130 valence electrons. The van der Waals surface area contributed by atoms with Gasteiger partial charge in [0.25, 0.3) is 5.91 Å². The maximum Gasteiger partial charge on any atom is 0.339 e. The lowest BCUT2D eigenvalue weighted by Crippen LogP contribution is -2.37. The largest absolute Gasteiger partial charge is 0.448 e. The molecule has 0 bridgehead atoms. The Labute approximate surface area is 154 Å². The number of nitrogens with zero attached hydrogens (tertiary/aromatic N) is 1. The van der Waals surface area contributed by atoms with Crippen LogP contribution >= 0.6 is 11.3 Å². The lowest BCUT2D eigenvalue weighted by Gasteiger charge is -2.23. The molecule has 1 aliphatic heterocycles. The van der Waals surface area contributed by atoms with Gasteiger partial charge in [0.2, 0.25) is 0 Å². The molecule has 26 heavy (non-hydrogen) atoms. The van der Waals surface area contributed by atoms with Crippen molar-refractivity contribution >= 4 is 28.9 Å². The quantitative estimate of drug-likeness (QED) is 0.717. The lowest BCUT2D eigenvalue weighted by atomic mass is 9.98. The number of hydrogen-bond acceptors (Lipinski definition) is 5. The van der Waals surface area contributed by atoms with E-state index in [0.29, 0.717) is 17.7 Å². The summed E-state index contributed by atoms with van der Waals surface area (Å²) in [6, 6.07) is 14.7. The molecule has 1 aliphatic rings. The van der Waals surface area contributed by atoms with Gasteiger partial charge in [-0.1, -0.05) is 30.3 Å². The number of fused-ring (bicyclic) bond motifs is 1. The van der Waals surface area contributed by atoms with Crippen LogP contribution in [0.4, 0.5) is 5.69 Å². The Bertz CT molecular complexity index is 996. The molecule has 1 amide bonds. The van der Waals surface area contributed by atoms with Crippen molar-refractivity contribution in [1.29, 1.82) is 0 Å². The minimum atomic E-state index is -0.831. The zero-order chi connectivity index (χ0) is 18.1. The summed E-state index contributed by atoms with van der Waals surface area (Å²) in [6.45, 7) is 1.95. The van der Waals surface area contributed by atoms with Gasteiger partial charge in [0.05, 0.1) is 16.3 Å². The number of esters is 1. The Hall–Kier alpha value is -2.99. The number of rotatable bonds is 3. The van der Waals surface area contributed by atoms with Crippen LogP contribution in [0.1, 0.15) is 20.9 Å². The molecular weight excluding hydrogens is 348 g/mol. The van der Waals surface area contributed by atoms with Crippen LogP contribution in [0, 0.1) is 6.92 Å². The molecule has 0 radical (unpaired) electrons. The number of aryl methyl sites for hydroxylation is 1. The number of thiazole rings is 1. The number of nitrogens with one attached hydrogen (secondary N) is 1. The number of carbonyl (C=O) groups excluding carboxylic acids is 2. The monoisotopic (exact) mass is 364 g/mol. The number of anilines is 1. The van der Waals surface area contributed by atoms with E-state index in [9.17, 15) is 9.59 Å². The second-order valence-electron chi connectivity index (χ2n) is 6.08. The van der Waals surface area contributed by atoms with Crippen LogP contribution in [0.5, 0.6) is 0 Å². The third-order valence-electron chi connectivity index (χ3n) is 4.23. The summed E-state index contributed by atoms with van der Waals surface area (Å²) in [6.07, 6.45) is -0.457. The summed E-state index contributed by atoms with van der Waals surface area (Å²) in [5.41, 5.74) is 3.81. The molecule has 1 aromatic heterocycles. The first-order valence-electron chi connectivity index (χ1n) is 8.22. The number of aromatic nitrogens is 1. The zero-order valence-electron chi connectivity index (χ0n) is 14.1. The van der Waals surface area contributed by atoms with E-state index in [1.54, 1.807) is 29.5 Å². The first-order chi connectivity index (χ1) is 12.6. The fraction of sp³-hybridized carbons (Fsp3) is 0.150. The Morgan fingerprint density at radius 3 is 2.88 bits per heavy atom. The van der Waals surface area contributed by atoms with Crippen molar-refractivity contribution in [2.75, 3.05) is 5.32 Å². The third-order valence-corrected chi connectivity index (χ3v) is 5.00. The summed E-state index contributed by atoms with van der Waals surface area (Å²) in [4.78, 5) is 29.1. The molecule has 1 atom stereocenters. The highest BCUT2D eigenvalue weighted by Gasteiger charge is 2.31. The van der Waals surface area contributed by atoms with Crippen LogP contribution in [-0.4, -0.2) is 23.0 Å². The maximum absolute atomic E-state index is 12.6. The maximum atomic E-state index is 12.6. The van der Waals surface area contributed by atoms with Crippen molar-refractivity contribution in [2.45, 2.75) is 19.4 Å². The molecule has 3 aromatic rings. The standard InChI is InChI=1S/C20H16N2O3S/c1-12-21-17(11-26-12)14-6-4-7-15(9-14)22-19(23)18-10-13-5-2-3-8-16(13)20(24)25-18/h2-9,11,18H,10H2,1H3,(H,22,23). The molecule has 1 N–H and O–H groups in total. The number of benzene rings is 2. The average molecular weight is 364 g/mol. The minimum absolute atomic E-state index is 0.334. The van der Waals surface area contributed by atoms with E-state index in [2.05, 4.69) is 10.3 Å². The van der Waals surface area contributed by atoms with Gasteiger partial charge in [-0.3, -0.25) is 4.79 Å². The highest BCUT2D eigenvalue weighted by atomic mass is 32.1. The van der Waals surface area contributed by atoms with E-state index < -0.39 is 12.1 Å². The fourth-order valence-electron chi connectivity index (χ4n) is 2.95. The van der Waals surface area contributed by atoms with Gasteiger partial charge < -0.3 is 10.1 Å². The van der Waals surface area contributed by atoms with Gasteiger partial charge in [-0.15, -0.1) is 11.3 Å². The molecule has 2 aromatic carbocycles. The van der Waals surface area contributed by atoms with Crippen molar-refractivity contribution in [3.8, 4) is 11.3 Å². The molecule has 2 heterocycles. The van der Waals surface area contributed by atoms with Gasteiger partial charge in [-0.25, -0.2) is 9.78 Å². The van der Waals surface area contributed by atoms with Gasteiger partial charge in [-0.2, -0.15) is 0 Å². The minimum Gasteiger partial charge on any atom is -0.448 e. The first kappa shape index (κ1) is 16.5. The van der Waals surface area contributed by atoms with Gasteiger partial charge in [0.15, 0.2) is 6.10 Å². The Morgan fingerprint density at radius 1 is 1.23 bits per heavy atom. The molecule has 1 unspecified atom stereocenters. The van der Waals surface area contributed by atoms with Gasteiger partial charge in [0, 0.05) is 23.1 Å². The van der Waals surface area contributed by atoms with E-state index in [1.165, 1.54) is 0 Å². The lowest BCUT2D eigenvalue weighted by molar-refractivity contribution is -0.125. The third kappa shape index (κ3) is 3.23. The van der Waals surface area contributed by atoms with Crippen molar-refractivity contribution in [3.05, 3.63) is 70.0 Å². The molecule has 0 fully saturated rings. The normalized spacial score (nSPS) is 15.9. The van der Waals surface area contributed by atoms with Crippen LogP contribution in [0.2, 0.25) is 0 Å². The summed E-state index contributed by atoms with van der Waals surface area (Å²) >= 11 is 1.58. The van der Waals surface area contributed by atoms with Gasteiger partial charge in [0.1, 0.15) is 0 Å². The van der Waals surface area contributed by atoms with Crippen LogP contribution in [0.25, 0.3) is 11.3 Å². The molecular formula is C20H16N2O3S. The molecule has 0 saturated heterocycles. The van der Waals surface area contributed by atoms with E-state index in [-0.39, 0.29) is 5.91 Å². The number of carbonyl (C=O) groups is 2. The Morgan fingerprint density at radius 2 is 2.08 bits per heavy atom. The highest BCUT2D eigenvalue weighted by molar-refractivity contribution is 7.09. The van der Waals surface area contributed by atoms with Crippen LogP contribution in [0.3, 0.4) is 0 Å². The molecule has 0 aliphatic carbocycles. The highest BCUT2D eigenvalue weighted by Crippen LogP contribution is 2.25. The second-order valence-corrected chi connectivity index (χ2v) is 7.14. The summed E-state index contributed by atoms with van der Waals surface area (Å²) in [5, 5.41) is 5.81. The Balaban J connectivity index is 1.51. The Kier molecular flexibility index (Phi) is 4.26. The summed E-state index contributed by atoms with van der Waals surface area (Å²) in [7, 11) is 0. The molecule has 0 saturated carbocycles. The van der Waals surface area contributed by atoms with Crippen molar-refractivity contribution in [1.82, 2.24) is 4.98 Å². The van der Waals surface area contributed by atoms with Gasteiger partial charge in [-0.05, 0) is 30.7 Å². The van der Waals surface area contributed by atoms with E-state index in [4.69, 9.17) is 4.74 Å². The summed E-state index contributed by atoms with van der Waals surface area (Å²) < 4.78 is 5.30. The van der Waals surface area contributed by atoms with E-state index in [1.807, 2.05) is 42.6 Å². The van der Waals surface area contributed by atoms with Crippen LogP contribution in [-0.2, 0) is 16.0 Å². The van der Waals surface area contributed by atoms with Crippen molar-refractivity contribution in [2.24, 2.45) is 0 Å². The zero-order valence-corrected chi connectivity index (χ0v) is 14.9. The first-order valence-corrected chi connectivity index (χ1v) is 9.10. The molecule has 5 nitrogen and oxygen atoms in total. The smallest absolute Gasteiger partial charge is 0.339 e. The number of cyclic esters (lactones) is 1. The van der Waals surface area contributed by atoms with Crippen LogP contribution in [0.15, 0.2) is 53.9 Å². The number of ether oxygens (including phenoxy) is 1. The van der Waals surface area contributed by atoms with Gasteiger partial charge >= 0.3 is 5.97 Å². The predicted molar refractivity (Wildman–Crippen MR) is 100 cm³/mol. The van der Waals surface area contributed by atoms with E-state index in [0.717, 1.165) is 21.8 Å². The number of hydrogen-bond donors (Lipinski definition) is 1. The second kappa shape index (κ2) is 6.72. The molecule has 0 spiro atoms. The average Bonchev–Trinajstić information content (AvgIpc) is 3.08. The summed E-state index contributed by atoms with van der Waals surface area (Å²) in [5.74, 6) is -0.793. The topological polar surface area (TPSA) is 68.3 Å².